The summed E-state index contributed by atoms with van der Waals surface area (Å²) in [5, 5.41) is 3.32. The van der Waals surface area contributed by atoms with Gasteiger partial charge in [-0.15, -0.1) is 0 Å². The van der Waals surface area contributed by atoms with Gasteiger partial charge >= 0.3 is 0 Å². The molecule has 0 aliphatic heterocycles. The number of carbonyl (C=O) groups excluding carboxylic acids is 2. The maximum absolute atomic E-state index is 13.5. The van der Waals surface area contributed by atoms with Gasteiger partial charge in [0.05, 0.1) is 5.02 Å². The van der Waals surface area contributed by atoms with Gasteiger partial charge in [0, 0.05) is 24.0 Å². The van der Waals surface area contributed by atoms with Crippen LogP contribution in [0.2, 0.25) is 5.02 Å². The van der Waals surface area contributed by atoms with Crippen molar-refractivity contribution < 1.29 is 18.7 Å². The van der Waals surface area contributed by atoms with Crippen LogP contribution in [0.25, 0.3) is 0 Å². The number of rotatable bonds is 12. The minimum absolute atomic E-state index is 0.120. The van der Waals surface area contributed by atoms with Crippen LogP contribution in [0.4, 0.5) is 4.39 Å². The lowest BCUT2D eigenvalue weighted by molar-refractivity contribution is -0.142. The summed E-state index contributed by atoms with van der Waals surface area (Å²) >= 11 is 9.60. The number of nitrogens with zero attached hydrogens (tertiary/aromatic N) is 1. The van der Waals surface area contributed by atoms with Crippen LogP contribution in [0, 0.1) is 5.82 Å². The molecule has 0 heterocycles. The number of amides is 2. The van der Waals surface area contributed by atoms with Crippen LogP contribution in [-0.4, -0.2) is 35.9 Å². The van der Waals surface area contributed by atoms with Gasteiger partial charge < -0.3 is 15.0 Å². The number of ether oxygens (including phenoxy) is 1. The first kappa shape index (κ1) is 27.7. The van der Waals surface area contributed by atoms with Crippen LogP contribution in [0.1, 0.15) is 30.9 Å². The molecule has 1 atom stereocenters. The molecule has 2 amide bonds. The monoisotopic (exact) mass is 574 g/mol. The molecule has 0 aliphatic rings. The smallest absolute Gasteiger partial charge is 0.261 e. The molecule has 0 bridgehead atoms. The van der Waals surface area contributed by atoms with E-state index in [1.807, 2.05) is 37.3 Å². The first-order valence-electron chi connectivity index (χ1n) is 11.8. The Morgan fingerprint density at radius 2 is 1.78 bits per heavy atom. The van der Waals surface area contributed by atoms with Crippen LogP contribution >= 0.6 is 27.5 Å². The van der Waals surface area contributed by atoms with Crippen molar-refractivity contribution in [2.45, 2.75) is 38.8 Å². The van der Waals surface area contributed by atoms with Gasteiger partial charge in [-0.05, 0) is 47.9 Å². The zero-order chi connectivity index (χ0) is 25.9. The van der Waals surface area contributed by atoms with Crippen LogP contribution in [0.5, 0.6) is 5.75 Å². The second kappa shape index (κ2) is 14.0. The minimum atomic E-state index is -0.786. The Hall–Kier alpha value is -2.90. The number of carbonyl (C=O) groups is 2. The van der Waals surface area contributed by atoms with E-state index >= 15 is 0 Å². The largest absolute Gasteiger partial charge is 0.482 e. The summed E-state index contributed by atoms with van der Waals surface area (Å²) in [6, 6.07) is 19.7. The van der Waals surface area contributed by atoms with E-state index in [0.29, 0.717) is 29.3 Å². The van der Waals surface area contributed by atoms with Crippen molar-refractivity contribution in [3.8, 4) is 5.75 Å². The second-order valence-corrected chi connectivity index (χ2v) is 9.68. The molecule has 8 heteroatoms. The van der Waals surface area contributed by atoms with Crippen molar-refractivity contribution in [3.05, 3.63) is 99.2 Å². The number of hydrogen-bond acceptors (Lipinski definition) is 3. The van der Waals surface area contributed by atoms with Gasteiger partial charge in [0.2, 0.25) is 5.91 Å². The molecule has 1 unspecified atom stereocenters. The summed E-state index contributed by atoms with van der Waals surface area (Å²) in [5.74, 6) is -0.640. The van der Waals surface area contributed by atoms with Crippen LogP contribution in [0.15, 0.2) is 77.3 Å². The fraction of sp³-hybridized carbons (Fsp3) is 0.286. The predicted molar refractivity (Wildman–Crippen MR) is 143 cm³/mol. The fourth-order valence-electron chi connectivity index (χ4n) is 3.66. The number of halogens is 3. The summed E-state index contributed by atoms with van der Waals surface area (Å²) < 4.78 is 20.0. The van der Waals surface area contributed by atoms with E-state index in [1.165, 1.54) is 17.0 Å². The summed E-state index contributed by atoms with van der Waals surface area (Å²) in [6.45, 7) is 2.37. The quantitative estimate of drug-likeness (QED) is 0.263. The molecule has 3 rings (SSSR count). The molecule has 0 saturated carbocycles. The second-order valence-electron chi connectivity index (χ2n) is 8.36. The molecule has 0 saturated heterocycles. The summed E-state index contributed by atoms with van der Waals surface area (Å²) in [5.41, 5.74) is 1.62. The molecule has 0 aliphatic carbocycles. The van der Waals surface area contributed by atoms with Crippen molar-refractivity contribution in [2.24, 2.45) is 0 Å². The third-order valence-electron chi connectivity index (χ3n) is 5.61. The Balaban J connectivity index is 1.88. The van der Waals surface area contributed by atoms with E-state index in [2.05, 4.69) is 21.2 Å². The molecule has 3 aromatic rings. The molecule has 3 aromatic carbocycles. The highest BCUT2D eigenvalue weighted by Gasteiger charge is 2.30. The first-order chi connectivity index (χ1) is 17.4. The van der Waals surface area contributed by atoms with Gasteiger partial charge in [-0.1, -0.05) is 83.3 Å². The normalized spacial score (nSPS) is 11.6. The molecule has 5 nitrogen and oxygen atoms in total. The van der Waals surface area contributed by atoms with Crippen LogP contribution in [-0.2, 0) is 22.6 Å². The van der Waals surface area contributed by atoms with E-state index in [-0.39, 0.29) is 30.8 Å². The van der Waals surface area contributed by atoms with Crippen LogP contribution in [0.3, 0.4) is 0 Å². The summed E-state index contributed by atoms with van der Waals surface area (Å²) in [4.78, 5) is 28.4. The lowest BCUT2D eigenvalue weighted by Gasteiger charge is -2.31. The molecule has 36 heavy (non-hydrogen) atoms. The maximum atomic E-state index is 13.5. The van der Waals surface area contributed by atoms with Crippen molar-refractivity contribution in [1.82, 2.24) is 10.2 Å². The Morgan fingerprint density at radius 1 is 1.06 bits per heavy atom. The lowest BCUT2D eigenvalue weighted by atomic mass is 10.0. The zero-order valence-electron chi connectivity index (χ0n) is 20.1. The van der Waals surface area contributed by atoms with Crippen molar-refractivity contribution >= 4 is 39.3 Å². The van der Waals surface area contributed by atoms with Crippen molar-refractivity contribution in [2.75, 3.05) is 13.2 Å². The predicted octanol–water partition coefficient (Wildman–Crippen LogP) is 6.18. The standard InChI is InChI=1S/C28H29BrClFN2O3/c1-2-3-15-32-28(35)25(16-20-7-5-4-6-8-20)33(18-21-9-12-23(31)13-10-21)27(34)19-36-26-14-11-22(29)17-24(26)30/h4-14,17,25H,2-3,15-16,18-19H2,1H3,(H,32,35). The molecule has 0 aromatic heterocycles. The average Bonchev–Trinajstić information content (AvgIpc) is 2.87. The number of hydrogen-bond donors (Lipinski definition) is 1. The highest BCUT2D eigenvalue weighted by molar-refractivity contribution is 9.10. The Kier molecular flexibility index (Phi) is 10.8. The van der Waals surface area contributed by atoms with E-state index < -0.39 is 6.04 Å². The molecule has 190 valence electrons. The van der Waals surface area contributed by atoms with E-state index in [1.54, 1.807) is 30.3 Å². The van der Waals surface area contributed by atoms with E-state index in [9.17, 15) is 14.0 Å². The Labute approximate surface area is 224 Å². The fourth-order valence-corrected chi connectivity index (χ4v) is 4.39. The number of benzene rings is 3. The third-order valence-corrected chi connectivity index (χ3v) is 6.40. The third kappa shape index (κ3) is 8.35. The topological polar surface area (TPSA) is 58.6 Å². The minimum Gasteiger partial charge on any atom is -0.482 e. The molecule has 1 N–H and O–H groups in total. The van der Waals surface area contributed by atoms with E-state index in [4.69, 9.17) is 16.3 Å². The maximum Gasteiger partial charge on any atom is 0.261 e. The highest BCUT2D eigenvalue weighted by atomic mass is 79.9. The molecular formula is C28H29BrClFN2O3. The highest BCUT2D eigenvalue weighted by Crippen LogP contribution is 2.28. The molecular weight excluding hydrogens is 547 g/mol. The van der Waals surface area contributed by atoms with Gasteiger partial charge in [0.25, 0.3) is 5.91 Å². The average molecular weight is 576 g/mol. The summed E-state index contributed by atoms with van der Waals surface area (Å²) in [6.07, 6.45) is 2.09. The van der Waals surface area contributed by atoms with E-state index in [0.717, 1.165) is 22.9 Å². The van der Waals surface area contributed by atoms with Gasteiger partial charge in [0.15, 0.2) is 6.61 Å². The SMILES string of the molecule is CCCCNC(=O)C(Cc1ccccc1)N(Cc1ccc(F)cc1)C(=O)COc1ccc(Br)cc1Cl. The van der Waals surface area contributed by atoms with Gasteiger partial charge in [-0.2, -0.15) is 0 Å². The Morgan fingerprint density at radius 3 is 2.44 bits per heavy atom. The van der Waals surface area contributed by atoms with Crippen molar-refractivity contribution in [1.29, 1.82) is 0 Å². The Bertz CT molecular complexity index is 1150. The molecule has 0 radical (unpaired) electrons. The number of unbranched alkanes of at least 4 members (excludes halogenated alkanes) is 1. The summed E-state index contributed by atoms with van der Waals surface area (Å²) in [7, 11) is 0. The van der Waals surface area contributed by atoms with Crippen molar-refractivity contribution in [3.63, 3.8) is 0 Å². The zero-order valence-corrected chi connectivity index (χ0v) is 22.4. The first-order valence-corrected chi connectivity index (χ1v) is 13.0. The van der Waals surface area contributed by atoms with Gasteiger partial charge in [-0.3, -0.25) is 9.59 Å². The lowest BCUT2D eigenvalue weighted by Crippen LogP contribution is -2.51. The van der Waals surface area contributed by atoms with Gasteiger partial charge in [0.1, 0.15) is 17.6 Å². The molecule has 0 spiro atoms. The van der Waals surface area contributed by atoms with Gasteiger partial charge in [-0.25, -0.2) is 4.39 Å². The van der Waals surface area contributed by atoms with Crippen LogP contribution < -0.4 is 10.1 Å². The number of nitrogens with one attached hydrogen (secondary N) is 1. The molecule has 0 fully saturated rings.